The van der Waals surface area contributed by atoms with E-state index < -0.39 is 11.7 Å². The average Bonchev–Trinajstić information content (AvgIpc) is 3.07. The first-order valence-electron chi connectivity index (χ1n) is 7.78. The lowest BCUT2D eigenvalue weighted by molar-refractivity contribution is 0.102. The highest BCUT2D eigenvalue weighted by Crippen LogP contribution is 2.18. The highest BCUT2D eigenvalue weighted by Gasteiger charge is 2.10. The van der Waals surface area contributed by atoms with Gasteiger partial charge in [-0.05, 0) is 36.8 Å². The molecule has 7 heteroatoms. The highest BCUT2D eigenvalue weighted by atomic mass is 32.1. The zero-order chi connectivity index (χ0) is 17.5. The highest BCUT2D eigenvalue weighted by molar-refractivity contribution is 7.15. The molecule has 0 saturated carbocycles. The van der Waals surface area contributed by atoms with Crippen molar-refractivity contribution in [2.45, 2.75) is 12.8 Å². The van der Waals surface area contributed by atoms with Gasteiger partial charge in [0.1, 0.15) is 16.6 Å². The second-order valence-electron chi connectivity index (χ2n) is 5.23. The van der Waals surface area contributed by atoms with Gasteiger partial charge in [0, 0.05) is 12.0 Å². The number of ether oxygens (including phenoxy) is 1. The molecule has 0 aliphatic heterocycles. The monoisotopic (exact) mass is 357 g/mol. The van der Waals surface area contributed by atoms with Crippen molar-refractivity contribution in [1.29, 1.82) is 0 Å². The number of aryl methyl sites for hydroxylation is 1. The van der Waals surface area contributed by atoms with Crippen LogP contribution in [0.4, 0.5) is 9.52 Å². The molecule has 1 amide bonds. The van der Waals surface area contributed by atoms with Crippen molar-refractivity contribution in [3.8, 4) is 5.75 Å². The minimum absolute atomic E-state index is 0.244. The Bertz CT molecular complexity index is 839. The third kappa shape index (κ3) is 5.09. The molecule has 0 bridgehead atoms. The fourth-order valence-electron chi connectivity index (χ4n) is 2.13. The molecule has 0 aliphatic carbocycles. The number of para-hydroxylation sites is 1. The third-order valence-electron chi connectivity index (χ3n) is 3.32. The van der Waals surface area contributed by atoms with Crippen LogP contribution in [0.15, 0.2) is 54.6 Å². The second kappa shape index (κ2) is 8.34. The Morgan fingerprint density at radius 1 is 1.12 bits per heavy atom. The minimum atomic E-state index is -0.455. The summed E-state index contributed by atoms with van der Waals surface area (Å²) >= 11 is 1.30. The summed E-state index contributed by atoms with van der Waals surface area (Å²) in [7, 11) is 0. The Morgan fingerprint density at radius 3 is 2.76 bits per heavy atom. The lowest BCUT2D eigenvalue weighted by Gasteiger charge is -2.04. The van der Waals surface area contributed by atoms with Gasteiger partial charge in [-0.3, -0.25) is 10.1 Å². The van der Waals surface area contributed by atoms with Crippen LogP contribution in [0.2, 0.25) is 0 Å². The number of anilines is 1. The molecule has 3 aromatic rings. The van der Waals surface area contributed by atoms with Gasteiger partial charge in [-0.15, -0.1) is 10.2 Å². The van der Waals surface area contributed by atoms with Crippen molar-refractivity contribution in [3.05, 3.63) is 71.0 Å². The van der Waals surface area contributed by atoms with Gasteiger partial charge in [0.25, 0.3) is 5.91 Å². The molecule has 128 valence electrons. The maximum atomic E-state index is 13.1. The van der Waals surface area contributed by atoms with Crippen molar-refractivity contribution >= 4 is 22.4 Å². The summed E-state index contributed by atoms with van der Waals surface area (Å²) in [6.07, 6.45) is 1.50. The van der Waals surface area contributed by atoms with E-state index in [0.717, 1.165) is 17.2 Å². The first kappa shape index (κ1) is 17.0. The molecule has 2 aromatic carbocycles. The van der Waals surface area contributed by atoms with Crippen LogP contribution in [0, 0.1) is 5.82 Å². The normalized spacial score (nSPS) is 10.4. The van der Waals surface area contributed by atoms with E-state index in [2.05, 4.69) is 15.5 Å². The smallest absolute Gasteiger partial charge is 0.257 e. The van der Waals surface area contributed by atoms with Gasteiger partial charge in [0.2, 0.25) is 5.13 Å². The quantitative estimate of drug-likeness (QED) is 0.651. The number of benzene rings is 2. The van der Waals surface area contributed by atoms with Gasteiger partial charge in [0.15, 0.2) is 0 Å². The standard InChI is InChI=1S/C18H16FN3O2S/c19-14-7-4-6-13(12-14)17(23)20-18-22-21-16(25-18)10-5-11-24-15-8-2-1-3-9-15/h1-4,6-9,12H,5,10-11H2,(H,20,22,23). The topological polar surface area (TPSA) is 64.1 Å². The predicted octanol–water partition coefficient (Wildman–Crippen LogP) is 3.94. The first-order chi connectivity index (χ1) is 12.2. The van der Waals surface area contributed by atoms with Gasteiger partial charge in [0.05, 0.1) is 6.61 Å². The maximum absolute atomic E-state index is 13.1. The molecule has 1 N–H and O–H groups in total. The first-order valence-corrected chi connectivity index (χ1v) is 8.59. The summed E-state index contributed by atoms with van der Waals surface area (Å²) in [4.78, 5) is 12.0. The van der Waals surface area contributed by atoms with Crippen LogP contribution in [0.1, 0.15) is 21.8 Å². The molecular weight excluding hydrogens is 341 g/mol. The fraction of sp³-hybridized carbons (Fsp3) is 0.167. The Morgan fingerprint density at radius 2 is 1.96 bits per heavy atom. The molecule has 0 radical (unpaired) electrons. The van der Waals surface area contributed by atoms with Crippen molar-refractivity contribution in [3.63, 3.8) is 0 Å². The summed E-state index contributed by atoms with van der Waals surface area (Å²) in [6.45, 7) is 0.578. The van der Waals surface area contributed by atoms with Gasteiger partial charge >= 0.3 is 0 Å². The summed E-state index contributed by atoms with van der Waals surface area (Å²) in [5.74, 6) is -0.0264. The van der Waals surface area contributed by atoms with Gasteiger partial charge < -0.3 is 4.74 Å². The van der Waals surface area contributed by atoms with E-state index in [1.807, 2.05) is 30.3 Å². The Balaban J connectivity index is 1.46. The van der Waals surface area contributed by atoms with E-state index in [0.29, 0.717) is 18.2 Å². The number of nitrogens with zero attached hydrogens (tertiary/aromatic N) is 2. The molecule has 0 unspecified atom stereocenters. The molecule has 0 fully saturated rings. The zero-order valence-corrected chi connectivity index (χ0v) is 14.1. The van der Waals surface area contributed by atoms with Crippen molar-refractivity contribution in [2.75, 3.05) is 11.9 Å². The van der Waals surface area contributed by atoms with E-state index in [-0.39, 0.29) is 5.56 Å². The number of hydrogen-bond acceptors (Lipinski definition) is 5. The van der Waals surface area contributed by atoms with Gasteiger partial charge in [-0.25, -0.2) is 4.39 Å². The van der Waals surface area contributed by atoms with Crippen LogP contribution in [0.5, 0.6) is 5.75 Å². The molecule has 0 saturated heterocycles. The number of aromatic nitrogens is 2. The number of carbonyl (C=O) groups is 1. The zero-order valence-electron chi connectivity index (χ0n) is 13.3. The van der Waals surface area contributed by atoms with Crippen LogP contribution in [0.25, 0.3) is 0 Å². The minimum Gasteiger partial charge on any atom is -0.494 e. The third-order valence-corrected chi connectivity index (χ3v) is 4.22. The van der Waals surface area contributed by atoms with Gasteiger partial charge in [-0.1, -0.05) is 35.6 Å². The fourth-order valence-corrected chi connectivity index (χ4v) is 2.91. The van der Waals surface area contributed by atoms with Crippen LogP contribution >= 0.6 is 11.3 Å². The van der Waals surface area contributed by atoms with Gasteiger partial charge in [-0.2, -0.15) is 0 Å². The molecular formula is C18H16FN3O2S. The van der Waals surface area contributed by atoms with Crippen LogP contribution in [-0.4, -0.2) is 22.7 Å². The molecule has 3 rings (SSSR count). The van der Waals surface area contributed by atoms with E-state index in [1.165, 1.54) is 29.5 Å². The molecule has 0 aliphatic rings. The lowest BCUT2D eigenvalue weighted by atomic mass is 10.2. The molecule has 25 heavy (non-hydrogen) atoms. The number of hydrogen-bond donors (Lipinski definition) is 1. The van der Waals surface area contributed by atoms with Crippen molar-refractivity contribution < 1.29 is 13.9 Å². The number of halogens is 1. The molecule has 0 spiro atoms. The van der Waals surface area contributed by atoms with Crippen molar-refractivity contribution in [1.82, 2.24) is 10.2 Å². The number of rotatable bonds is 7. The van der Waals surface area contributed by atoms with Crippen molar-refractivity contribution in [2.24, 2.45) is 0 Å². The summed E-state index contributed by atoms with van der Waals surface area (Å²) < 4.78 is 18.8. The molecule has 1 heterocycles. The maximum Gasteiger partial charge on any atom is 0.257 e. The summed E-state index contributed by atoms with van der Waals surface area (Å²) in [5.41, 5.74) is 0.244. The van der Waals surface area contributed by atoms with E-state index in [4.69, 9.17) is 4.74 Å². The van der Waals surface area contributed by atoms with E-state index in [1.54, 1.807) is 6.07 Å². The lowest BCUT2D eigenvalue weighted by Crippen LogP contribution is -2.11. The Kier molecular flexibility index (Phi) is 5.69. The SMILES string of the molecule is O=C(Nc1nnc(CCCOc2ccccc2)s1)c1cccc(F)c1. The predicted molar refractivity (Wildman–Crippen MR) is 94.5 cm³/mol. The number of amides is 1. The Hall–Kier alpha value is -2.80. The average molecular weight is 357 g/mol. The van der Waals surface area contributed by atoms with Crippen LogP contribution in [0.3, 0.4) is 0 Å². The number of nitrogens with one attached hydrogen (secondary N) is 1. The summed E-state index contributed by atoms with van der Waals surface area (Å²) in [6, 6.07) is 15.1. The van der Waals surface area contributed by atoms with E-state index in [9.17, 15) is 9.18 Å². The Labute approximate surface area is 148 Å². The largest absolute Gasteiger partial charge is 0.494 e. The molecule has 1 aromatic heterocycles. The number of carbonyl (C=O) groups excluding carboxylic acids is 1. The van der Waals surface area contributed by atoms with E-state index >= 15 is 0 Å². The summed E-state index contributed by atoms with van der Waals surface area (Å²) in [5, 5.41) is 11.8. The van der Waals surface area contributed by atoms with Crippen LogP contribution in [-0.2, 0) is 6.42 Å². The molecule has 5 nitrogen and oxygen atoms in total. The second-order valence-corrected chi connectivity index (χ2v) is 6.29. The van der Waals surface area contributed by atoms with Crippen LogP contribution < -0.4 is 10.1 Å². The molecule has 0 atom stereocenters.